The Balaban J connectivity index is 1.63. The zero-order valence-electron chi connectivity index (χ0n) is 9.29. The van der Waals surface area contributed by atoms with Gasteiger partial charge in [0.2, 0.25) is 0 Å². The van der Waals surface area contributed by atoms with Gasteiger partial charge in [-0.15, -0.1) is 11.3 Å². The third-order valence-electron chi connectivity index (χ3n) is 3.57. The topological polar surface area (TPSA) is 15.3 Å². The fraction of sp³-hybridized carbons (Fsp3) is 0.667. The first-order valence-electron chi connectivity index (χ1n) is 5.95. The molecule has 88 valence electrons. The quantitative estimate of drug-likeness (QED) is 0.875. The summed E-state index contributed by atoms with van der Waals surface area (Å²) in [5.41, 5.74) is 0. The van der Waals surface area contributed by atoms with E-state index in [1.807, 2.05) is 5.38 Å². The van der Waals surface area contributed by atoms with E-state index in [-0.39, 0.29) is 0 Å². The lowest BCUT2D eigenvalue weighted by molar-refractivity contribution is 0.0925. The number of nitrogens with zero attached hydrogens (tertiary/aromatic N) is 1. The van der Waals surface area contributed by atoms with Crippen LogP contribution in [0.4, 0.5) is 0 Å². The summed E-state index contributed by atoms with van der Waals surface area (Å²) >= 11 is 7.74. The Hall–Kier alpha value is -0.0900. The molecule has 3 heterocycles. The summed E-state index contributed by atoms with van der Waals surface area (Å²) in [6.07, 6.45) is 1.43. The molecule has 0 radical (unpaired) electrons. The average molecular weight is 257 g/mol. The SMILES string of the molecule is Clc1csc(CN2CC3CNCC(C3)C2)c1. The molecule has 2 fully saturated rings. The van der Waals surface area contributed by atoms with E-state index in [1.165, 1.54) is 37.5 Å². The Morgan fingerprint density at radius 2 is 2.12 bits per heavy atom. The van der Waals surface area contributed by atoms with Crippen molar-refractivity contribution in [1.29, 1.82) is 0 Å². The van der Waals surface area contributed by atoms with E-state index in [1.54, 1.807) is 11.3 Å². The molecule has 2 nitrogen and oxygen atoms in total. The fourth-order valence-electron chi connectivity index (χ4n) is 3.00. The monoisotopic (exact) mass is 256 g/mol. The van der Waals surface area contributed by atoms with Crippen LogP contribution in [0.15, 0.2) is 11.4 Å². The molecular formula is C12H17ClN2S. The van der Waals surface area contributed by atoms with E-state index in [4.69, 9.17) is 11.6 Å². The van der Waals surface area contributed by atoms with Gasteiger partial charge in [-0.3, -0.25) is 4.90 Å². The van der Waals surface area contributed by atoms with Crippen LogP contribution in [0.3, 0.4) is 0 Å². The maximum atomic E-state index is 5.96. The van der Waals surface area contributed by atoms with E-state index in [2.05, 4.69) is 16.3 Å². The number of hydrogen-bond donors (Lipinski definition) is 1. The predicted molar refractivity (Wildman–Crippen MR) is 69.1 cm³/mol. The van der Waals surface area contributed by atoms with Gasteiger partial charge in [0, 0.05) is 29.9 Å². The zero-order chi connectivity index (χ0) is 11.0. The second-order valence-corrected chi connectivity index (χ2v) is 6.48. The highest BCUT2D eigenvalue weighted by molar-refractivity contribution is 7.10. The number of halogens is 1. The molecule has 3 rings (SSSR count). The van der Waals surface area contributed by atoms with Crippen molar-refractivity contribution >= 4 is 22.9 Å². The second kappa shape index (κ2) is 4.65. The zero-order valence-corrected chi connectivity index (χ0v) is 10.9. The van der Waals surface area contributed by atoms with Crippen molar-refractivity contribution in [3.8, 4) is 0 Å². The van der Waals surface area contributed by atoms with Crippen molar-refractivity contribution in [2.24, 2.45) is 11.8 Å². The Morgan fingerprint density at radius 3 is 2.75 bits per heavy atom. The first kappa shape index (κ1) is 11.0. The van der Waals surface area contributed by atoms with Gasteiger partial charge >= 0.3 is 0 Å². The minimum Gasteiger partial charge on any atom is -0.316 e. The Kier molecular flexibility index (Phi) is 3.20. The van der Waals surface area contributed by atoms with E-state index < -0.39 is 0 Å². The van der Waals surface area contributed by atoms with Crippen molar-refractivity contribution in [2.45, 2.75) is 13.0 Å². The number of fused-ring (bicyclic) bond motifs is 2. The molecule has 4 heteroatoms. The van der Waals surface area contributed by atoms with Crippen LogP contribution in [-0.4, -0.2) is 31.1 Å². The van der Waals surface area contributed by atoms with Gasteiger partial charge in [0.15, 0.2) is 0 Å². The lowest BCUT2D eigenvalue weighted by Gasteiger charge is -2.41. The Bertz CT molecular complexity index is 354. The minimum absolute atomic E-state index is 0.864. The minimum atomic E-state index is 0.864. The first-order chi connectivity index (χ1) is 7.79. The van der Waals surface area contributed by atoms with Crippen molar-refractivity contribution in [3.63, 3.8) is 0 Å². The van der Waals surface area contributed by atoms with Crippen LogP contribution >= 0.6 is 22.9 Å². The second-order valence-electron chi connectivity index (χ2n) is 5.05. The fourth-order valence-corrected chi connectivity index (χ4v) is 4.11. The van der Waals surface area contributed by atoms with E-state index in [0.29, 0.717) is 0 Å². The lowest BCUT2D eigenvalue weighted by atomic mass is 9.86. The molecule has 0 aliphatic carbocycles. The van der Waals surface area contributed by atoms with Crippen molar-refractivity contribution < 1.29 is 0 Å². The highest BCUT2D eigenvalue weighted by Crippen LogP contribution is 2.27. The largest absolute Gasteiger partial charge is 0.316 e. The van der Waals surface area contributed by atoms with Crippen molar-refractivity contribution in [1.82, 2.24) is 10.2 Å². The van der Waals surface area contributed by atoms with Crippen molar-refractivity contribution in [3.05, 3.63) is 21.3 Å². The molecular weight excluding hydrogens is 240 g/mol. The smallest absolute Gasteiger partial charge is 0.0516 e. The maximum absolute atomic E-state index is 5.96. The van der Waals surface area contributed by atoms with Gasteiger partial charge < -0.3 is 5.32 Å². The number of nitrogens with one attached hydrogen (secondary N) is 1. The normalized spacial score (nSPS) is 30.6. The summed E-state index contributed by atoms with van der Waals surface area (Å²) in [7, 11) is 0. The van der Waals surface area contributed by atoms with Gasteiger partial charge in [0.25, 0.3) is 0 Å². The number of thiophene rings is 1. The molecule has 0 spiro atoms. The van der Waals surface area contributed by atoms with E-state index in [9.17, 15) is 0 Å². The molecule has 1 aromatic rings. The van der Waals surface area contributed by atoms with Crippen LogP contribution in [-0.2, 0) is 6.54 Å². The lowest BCUT2D eigenvalue weighted by Crippen LogP contribution is -2.50. The van der Waals surface area contributed by atoms with Gasteiger partial charge in [-0.1, -0.05) is 11.6 Å². The van der Waals surface area contributed by atoms with Crippen molar-refractivity contribution in [2.75, 3.05) is 26.2 Å². The van der Waals surface area contributed by atoms with Crippen LogP contribution in [0.1, 0.15) is 11.3 Å². The Morgan fingerprint density at radius 1 is 1.38 bits per heavy atom. The van der Waals surface area contributed by atoms with Gasteiger partial charge in [-0.2, -0.15) is 0 Å². The van der Waals surface area contributed by atoms with Crippen LogP contribution in [0.25, 0.3) is 0 Å². The van der Waals surface area contributed by atoms with Gasteiger partial charge in [-0.25, -0.2) is 0 Å². The molecule has 2 bridgehead atoms. The van der Waals surface area contributed by atoms with E-state index in [0.717, 1.165) is 23.4 Å². The van der Waals surface area contributed by atoms with Gasteiger partial charge in [-0.05, 0) is 37.4 Å². The molecule has 2 saturated heterocycles. The summed E-state index contributed by atoms with van der Waals surface area (Å²) in [5, 5.41) is 6.45. The maximum Gasteiger partial charge on any atom is 0.0516 e. The highest BCUT2D eigenvalue weighted by Gasteiger charge is 2.30. The Labute approximate surface area is 106 Å². The molecule has 2 aliphatic heterocycles. The third-order valence-corrected chi connectivity index (χ3v) is 4.84. The first-order valence-corrected chi connectivity index (χ1v) is 7.21. The number of hydrogen-bond acceptors (Lipinski definition) is 3. The molecule has 0 saturated carbocycles. The van der Waals surface area contributed by atoms with Crippen LogP contribution < -0.4 is 5.32 Å². The molecule has 0 aromatic carbocycles. The standard InChI is InChI=1S/C12H17ClN2S/c13-11-2-12(16-8-11)7-15-5-9-1-10(6-15)4-14-3-9/h2,8-10,14H,1,3-7H2. The molecule has 2 aliphatic rings. The highest BCUT2D eigenvalue weighted by atomic mass is 35.5. The van der Waals surface area contributed by atoms with Crippen LogP contribution in [0, 0.1) is 11.8 Å². The summed E-state index contributed by atoms with van der Waals surface area (Å²) in [5.74, 6) is 1.73. The summed E-state index contributed by atoms with van der Waals surface area (Å²) in [6.45, 7) is 6.00. The molecule has 1 aromatic heterocycles. The van der Waals surface area contributed by atoms with E-state index >= 15 is 0 Å². The predicted octanol–water partition coefficient (Wildman–Crippen LogP) is 2.44. The van der Waals surface area contributed by atoms with Crippen LogP contribution in [0.2, 0.25) is 5.02 Å². The molecule has 1 N–H and O–H groups in total. The molecule has 0 amide bonds. The van der Waals surface area contributed by atoms with Gasteiger partial charge in [0.1, 0.15) is 0 Å². The molecule has 2 atom stereocenters. The molecule has 16 heavy (non-hydrogen) atoms. The number of rotatable bonds is 2. The number of piperidine rings is 2. The van der Waals surface area contributed by atoms with Gasteiger partial charge in [0.05, 0.1) is 5.02 Å². The molecule has 2 unspecified atom stereocenters. The average Bonchev–Trinajstić information content (AvgIpc) is 2.63. The van der Waals surface area contributed by atoms with Crippen LogP contribution in [0.5, 0.6) is 0 Å². The third kappa shape index (κ3) is 2.43. The summed E-state index contributed by atoms with van der Waals surface area (Å²) in [6, 6.07) is 2.11. The number of likely N-dealkylation sites (tertiary alicyclic amines) is 1. The summed E-state index contributed by atoms with van der Waals surface area (Å²) < 4.78 is 0. The summed E-state index contributed by atoms with van der Waals surface area (Å²) in [4.78, 5) is 4.00.